The zero-order chi connectivity index (χ0) is 14.8. The van der Waals surface area contributed by atoms with Crippen LogP contribution in [0.3, 0.4) is 0 Å². The normalized spacial score (nSPS) is 16.1. The summed E-state index contributed by atoms with van der Waals surface area (Å²) in [6.07, 6.45) is 2.94. The summed E-state index contributed by atoms with van der Waals surface area (Å²) in [6.45, 7) is 4.85. The minimum Gasteiger partial charge on any atom is -0.348 e. The van der Waals surface area contributed by atoms with Gasteiger partial charge in [-0.1, -0.05) is 6.58 Å². The molecule has 2 amide bonds. The fourth-order valence-corrected chi connectivity index (χ4v) is 4.52. The third kappa shape index (κ3) is 3.01. The van der Waals surface area contributed by atoms with E-state index in [1.165, 1.54) is 17.4 Å². The van der Waals surface area contributed by atoms with Gasteiger partial charge in [-0.25, -0.2) is 0 Å². The lowest BCUT2D eigenvalue weighted by Gasteiger charge is -2.31. The lowest BCUT2D eigenvalue weighted by atomic mass is 10.0. The largest absolute Gasteiger partial charge is 0.348 e. The average Bonchev–Trinajstić information content (AvgIpc) is 3.08. The molecule has 0 radical (unpaired) electrons. The molecule has 1 aliphatic heterocycles. The van der Waals surface area contributed by atoms with Gasteiger partial charge in [-0.2, -0.15) is 0 Å². The van der Waals surface area contributed by atoms with Crippen LogP contribution < -0.4 is 5.32 Å². The van der Waals surface area contributed by atoms with E-state index < -0.39 is 0 Å². The molecule has 0 unspecified atom stereocenters. The topological polar surface area (TPSA) is 49.4 Å². The number of thiophene rings is 2. The van der Waals surface area contributed by atoms with Gasteiger partial charge in [0, 0.05) is 28.5 Å². The molecule has 2 aromatic rings. The van der Waals surface area contributed by atoms with E-state index in [0.717, 1.165) is 27.1 Å². The van der Waals surface area contributed by atoms with Gasteiger partial charge in [0.25, 0.3) is 5.91 Å². The molecule has 21 heavy (non-hydrogen) atoms. The summed E-state index contributed by atoms with van der Waals surface area (Å²) >= 11 is 3.18. The molecule has 110 valence electrons. The Labute approximate surface area is 131 Å². The Kier molecular flexibility index (Phi) is 4.07. The number of piperidine rings is 1. The fraction of sp³-hybridized carbons (Fsp3) is 0.333. The number of nitrogens with one attached hydrogen (secondary N) is 1. The molecule has 0 aromatic carbocycles. The number of rotatable bonds is 3. The third-order valence-corrected chi connectivity index (χ3v) is 5.77. The number of hydrogen-bond donors (Lipinski definition) is 1. The maximum absolute atomic E-state index is 12.3. The average molecular weight is 320 g/mol. The molecular formula is C15H16N2O2S2. The van der Waals surface area contributed by atoms with Crippen molar-refractivity contribution >= 4 is 43.9 Å². The summed E-state index contributed by atoms with van der Waals surface area (Å²) in [5, 5.41) is 5.11. The molecule has 0 aliphatic carbocycles. The van der Waals surface area contributed by atoms with Gasteiger partial charge in [0.05, 0.1) is 4.88 Å². The molecular weight excluding hydrogens is 304 g/mol. The molecule has 1 saturated heterocycles. The van der Waals surface area contributed by atoms with Crippen LogP contribution in [0, 0.1) is 0 Å². The summed E-state index contributed by atoms with van der Waals surface area (Å²) in [5.41, 5.74) is 0. The van der Waals surface area contributed by atoms with E-state index >= 15 is 0 Å². The van der Waals surface area contributed by atoms with Crippen LogP contribution in [0.5, 0.6) is 0 Å². The third-order valence-electron chi connectivity index (χ3n) is 3.68. The first-order valence-electron chi connectivity index (χ1n) is 6.86. The molecule has 2 aromatic heterocycles. The van der Waals surface area contributed by atoms with E-state index in [2.05, 4.69) is 11.9 Å². The number of nitrogens with zero attached hydrogens (tertiary/aromatic N) is 1. The first kappa shape index (κ1) is 14.3. The first-order valence-corrected chi connectivity index (χ1v) is 8.56. The number of carbonyl (C=O) groups is 2. The van der Waals surface area contributed by atoms with Gasteiger partial charge in [0.1, 0.15) is 0 Å². The first-order chi connectivity index (χ1) is 10.2. The van der Waals surface area contributed by atoms with Crippen molar-refractivity contribution < 1.29 is 9.59 Å². The van der Waals surface area contributed by atoms with Crippen molar-refractivity contribution in [1.82, 2.24) is 10.2 Å². The van der Waals surface area contributed by atoms with Gasteiger partial charge in [-0.3, -0.25) is 9.59 Å². The smallest absolute Gasteiger partial charge is 0.261 e. The standard InChI is InChI=1S/C15H16N2O2S2/c1-2-14(18)17-6-3-10(4-7-17)16-15(19)13-9-12-11(21-13)5-8-20-12/h2,5,8-10H,1,3-4,6-7H2,(H,16,19). The van der Waals surface area contributed by atoms with Crippen LogP contribution in [0.4, 0.5) is 0 Å². The van der Waals surface area contributed by atoms with Gasteiger partial charge >= 0.3 is 0 Å². The zero-order valence-corrected chi connectivity index (χ0v) is 13.1. The van der Waals surface area contributed by atoms with Crippen LogP contribution >= 0.6 is 22.7 Å². The van der Waals surface area contributed by atoms with Crippen molar-refractivity contribution in [2.75, 3.05) is 13.1 Å². The number of fused-ring (bicyclic) bond motifs is 1. The van der Waals surface area contributed by atoms with E-state index in [1.54, 1.807) is 16.2 Å². The number of carbonyl (C=O) groups excluding carboxylic acids is 2. The van der Waals surface area contributed by atoms with Gasteiger partial charge in [-0.15, -0.1) is 22.7 Å². The van der Waals surface area contributed by atoms with Crippen molar-refractivity contribution in [3.63, 3.8) is 0 Å². The Bertz CT molecular complexity index is 652. The predicted molar refractivity (Wildman–Crippen MR) is 87.0 cm³/mol. The molecule has 1 N–H and O–H groups in total. The molecule has 0 spiro atoms. The predicted octanol–water partition coefficient (Wildman–Crippen LogP) is 2.87. The second-order valence-corrected chi connectivity index (χ2v) is 7.07. The van der Waals surface area contributed by atoms with Crippen LogP contribution in [-0.4, -0.2) is 35.8 Å². The van der Waals surface area contributed by atoms with Gasteiger partial charge in [0.2, 0.25) is 5.91 Å². The summed E-state index contributed by atoms with van der Waals surface area (Å²) in [6, 6.07) is 4.14. The Hall–Kier alpha value is -1.66. The van der Waals surface area contributed by atoms with Gasteiger partial charge < -0.3 is 10.2 Å². The van der Waals surface area contributed by atoms with E-state index in [9.17, 15) is 9.59 Å². The van der Waals surface area contributed by atoms with Gasteiger partial charge in [-0.05, 0) is 36.4 Å². The van der Waals surface area contributed by atoms with Crippen LogP contribution in [0.2, 0.25) is 0 Å². The van der Waals surface area contributed by atoms with E-state index in [4.69, 9.17) is 0 Å². The number of likely N-dealkylation sites (tertiary alicyclic amines) is 1. The lowest BCUT2D eigenvalue weighted by molar-refractivity contribution is -0.127. The maximum atomic E-state index is 12.3. The molecule has 3 rings (SSSR count). The SMILES string of the molecule is C=CC(=O)N1CCC(NC(=O)c2cc3sccc3s2)CC1. The minimum atomic E-state index is -0.0294. The Morgan fingerprint density at radius 3 is 2.76 bits per heavy atom. The molecule has 0 atom stereocenters. The van der Waals surface area contributed by atoms with Crippen molar-refractivity contribution in [1.29, 1.82) is 0 Å². The second-order valence-electron chi connectivity index (χ2n) is 5.04. The van der Waals surface area contributed by atoms with Gasteiger partial charge in [0.15, 0.2) is 0 Å². The fourth-order valence-electron chi connectivity index (χ4n) is 2.51. The quantitative estimate of drug-likeness (QED) is 0.884. The number of amides is 2. The molecule has 1 fully saturated rings. The van der Waals surface area contributed by atoms with Crippen LogP contribution in [0.25, 0.3) is 9.40 Å². The molecule has 0 bridgehead atoms. The zero-order valence-electron chi connectivity index (χ0n) is 11.5. The summed E-state index contributed by atoms with van der Waals surface area (Å²) < 4.78 is 2.33. The van der Waals surface area contributed by atoms with Crippen molar-refractivity contribution in [2.24, 2.45) is 0 Å². The molecule has 1 aliphatic rings. The monoisotopic (exact) mass is 320 g/mol. The second kappa shape index (κ2) is 5.99. The Morgan fingerprint density at radius 1 is 1.33 bits per heavy atom. The van der Waals surface area contributed by atoms with E-state index in [1.807, 2.05) is 17.5 Å². The van der Waals surface area contributed by atoms with Crippen LogP contribution in [0.15, 0.2) is 30.2 Å². The highest BCUT2D eigenvalue weighted by Gasteiger charge is 2.23. The van der Waals surface area contributed by atoms with Crippen LogP contribution in [-0.2, 0) is 4.79 Å². The van der Waals surface area contributed by atoms with Crippen molar-refractivity contribution in [2.45, 2.75) is 18.9 Å². The highest BCUT2D eigenvalue weighted by Crippen LogP contribution is 2.30. The van der Waals surface area contributed by atoms with E-state index in [-0.39, 0.29) is 17.9 Å². The van der Waals surface area contributed by atoms with Crippen molar-refractivity contribution in [3.8, 4) is 0 Å². The minimum absolute atomic E-state index is 0.00287. The highest BCUT2D eigenvalue weighted by atomic mass is 32.1. The molecule has 0 saturated carbocycles. The van der Waals surface area contributed by atoms with Crippen LogP contribution in [0.1, 0.15) is 22.5 Å². The highest BCUT2D eigenvalue weighted by molar-refractivity contribution is 7.27. The molecule has 4 nitrogen and oxygen atoms in total. The van der Waals surface area contributed by atoms with Crippen molar-refractivity contribution in [3.05, 3.63) is 35.0 Å². The number of hydrogen-bond acceptors (Lipinski definition) is 4. The molecule has 3 heterocycles. The summed E-state index contributed by atoms with van der Waals surface area (Å²) in [4.78, 5) is 26.3. The van der Waals surface area contributed by atoms with E-state index in [0.29, 0.717) is 13.1 Å². The molecule has 6 heteroatoms. The summed E-state index contributed by atoms with van der Waals surface area (Å²) in [7, 11) is 0. The maximum Gasteiger partial charge on any atom is 0.261 e. The lowest BCUT2D eigenvalue weighted by Crippen LogP contribution is -2.46. The Balaban J connectivity index is 1.57. The summed E-state index contributed by atoms with van der Waals surface area (Å²) in [5.74, 6) is -0.0323. The Morgan fingerprint density at radius 2 is 2.10 bits per heavy atom.